The zero-order valence-corrected chi connectivity index (χ0v) is 8.49. The predicted molar refractivity (Wildman–Crippen MR) is 57.8 cm³/mol. The molecular weight excluding hydrogens is 204 g/mol. The van der Waals surface area contributed by atoms with Crippen LogP contribution in [0.4, 0.5) is 0 Å². The highest BCUT2D eigenvalue weighted by molar-refractivity contribution is 7.80. The number of aromatic amines is 1. The van der Waals surface area contributed by atoms with Crippen molar-refractivity contribution in [3.8, 4) is 0 Å². The average molecular weight is 212 g/mol. The Bertz CT molecular complexity index is 474. The average Bonchev–Trinajstić information content (AvgIpc) is 2.53. The fourth-order valence-corrected chi connectivity index (χ4v) is 2.08. The molecule has 0 saturated carbocycles. The zero-order valence-electron chi connectivity index (χ0n) is 6.78. The van der Waals surface area contributed by atoms with Crippen LogP contribution in [0.2, 0.25) is 0 Å². The van der Waals surface area contributed by atoms with Crippen LogP contribution in [0.15, 0.2) is 16.2 Å². The van der Waals surface area contributed by atoms with Crippen molar-refractivity contribution in [1.82, 2.24) is 9.97 Å². The molecule has 2 aromatic rings. The van der Waals surface area contributed by atoms with Crippen molar-refractivity contribution in [1.29, 1.82) is 0 Å². The van der Waals surface area contributed by atoms with Gasteiger partial charge in [-0.2, -0.15) is 12.6 Å². The molecule has 0 saturated heterocycles. The molecule has 13 heavy (non-hydrogen) atoms. The summed E-state index contributed by atoms with van der Waals surface area (Å²) in [6, 6.07) is 1.86. The number of hydrogen-bond acceptors (Lipinski definition) is 4. The van der Waals surface area contributed by atoms with E-state index in [9.17, 15) is 4.79 Å². The minimum atomic E-state index is -0.0446. The number of aromatic nitrogens is 2. The van der Waals surface area contributed by atoms with E-state index >= 15 is 0 Å². The summed E-state index contributed by atoms with van der Waals surface area (Å²) < 4.78 is 0.697. The smallest absolute Gasteiger partial charge is 0.268 e. The quantitative estimate of drug-likeness (QED) is 0.740. The Balaban J connectivity index is 2.63. The third-order valence-corrected chi connectivity index (χ3v) is 2.84. The molecule has 2 aromatic heterocycles. The summed E-state index contributed by atoms with van der Waals surface area (Å²) in [5, 5.41) is 1.87. The maximum absolute atomic E-state index is 11.4. The number of H-pyrrole nitrogens is 1. The van der Waals surface area contributed by atoms with Crippen LogP contribution in [0.25, 0.3) is 10.2 Å². The van der Waals surface area contributed by atoms with E-state index in [2.05, 4.69) is 22.6 Å². The Hall–Kier alpha value is -0.810. The van der Waals surface area contributed by atoms with Crippen molar-refractivity contribution < 1.29 is 0 Å². The number of thiol groups is 1. The zero-order chi connectivity index (χ0) is 9.26. The molecule has 68 valence electrons. The lowest BCUT2D eigenvalue weighted by Crippen LogP contribution is -2.10. The van der Waals surface area contributed by atoms with Crippen molar-refractivity contribution in [2.24, 2.45) is 0 Å². The molecule has 3 nitrogen and oxygen atoms in total. The van der Waals surface area contributed by atoms with Gasteiger partial charge in [-0.15, -0.1) is 11.3 Å². The molecule has 5 heteroatoms. The molecule has 0 unspecified atom stereocenters. The molecule has 0 amide bonds. The first kappa shape index (κ1) is 8.77. The van der Waals surface area contributed by atoms with Gasteiger partial charge in [-0.1, -0.05) is 0 Å². The lowest BCUT2D eigenvalue weighted by molar-refractivity contribution is 0.956. The summed E-state index contributed by atoms with van der Waals surface area (Å²) in [6.07, 6.45) is 0.699. The van der Waals surface area contributed by atoms with E-state index in [0.717, 1.165) is 5.52 Å². The molecule has 0 aliphatic heterocycles. The van der Waals surface area contributed by atoms with Gasteiger partial charge in [0.15, 0.2) is 0 Å². The number of thiophene rings is 1. The lowest BCUT2D eigenvalue weighted by atomic mass is 10.4. The van der Waals surface area contributed by atoms with Gasteiger partial charge in [-0.05, 0) is 17.2 Å². The fourth-order valence-electron chi connectivity index (χ4n) is 1.15. The molecule has 0 aliphatic rings. The Morgan fingerprint density at radius 2 is 2.46 bits per heavy atom. The highest BCUT2D eigenvalue weighted by Crippen LogP contribution is 2.13. The first-order chi connectivity index (χ1) is 6.31. The molecule has 1 N–H and O–H groups in total. The van der Waals surface area contributed by atoms with Crippen LogP contribution in [0, 0.1) is 0 Å². The summed E-state index contributed by atoms with van der Waals surface area (Å²) in [7, 11) is 0. The molecule has 0 bridgehead atoms. The first-order valence-electron chi connectivity index (χ1n) is 3.88. The van der Waals surface area contributed by atoms with Gasteiger partial charge in [0.05, 0.1) is 5.52 Å². The van der Waals surface area contributed by atoms with Gasteiger partial charge < -0.3 is 4.98 Å². The van der Waals surface area contributed by atoms with Crippen molar-refractivity contribution in [2.75, 3.05) is 5.75 Å². The summed E-state index contributed by atoms with van der Waals surface area (Å²) >= 11 is 5.50. The maximum atomic E-state index is 11.4. The largest absolute Gasteiger partial charge is 0.309 e. The monoisotopic (exact) mass is 212 g/mol. The highest BCUT2D eigenvalue weighted by atomic mass is 32.1. The molecule has 2 rings (SSSR count). The van der Waals surface area contributed by atoms with Crippen LogP contribution in [0.1, 0.15) is 5.82 Å². The van der Waals surface area contributed by atoms with E-state index in [1.165, 1.54) is 11.3 Å². The van der Waals surface area contributed by atoms with Gasteiger partial charge in [0.1, 0.15) is 10.5 Å². The third-order valence-electron chi connectivity index (χ3n) is 1.71. The fraction of sp³-hybridized carbons (Fsp3) is 0.250. The van der Waals surface area contributed by atoms with Gasteiger partial charge >= 0.3 is 0 Å². The second-order valence-electron chi connectivity index (χ2n) is 2.62. The Morgan fingerprint density at radius 1 is 1.62 bits per heavy atom. The van der Waals surface area contributed by atoms with E-state index in [1.54, 1.807) is 0 Å². The predicted octanol–water partition coefficient (Wildman–Crippen LogP) is 1.46. The molecule has 2 heterocycles. The number of aryl methyl sites for hydroxylation is 1. The summed E-state index contributed by atoms with van der Waals surface area (Å²) in [4.78, 5) is 18.4. The maximum Gasteiger partial charge on any atom is 0.268 e. The summed E-state index contributed by atoms with van der Waals surface area (Å²) in [5.74, 6) is 1.41. The van der Waals surface area contributed by atoms with E-state index in [1.807, 2.05) is 11.4 Å². The summed E-state index contributed by atoms with van der Waals surface area (Å²) in [6.45, 7) is 0. The van der Waals surface area contributed by atoms with Crippen LogP contribution in [-0.4, -0.2) is 15.7 Å². The minimum Gasteiger partial charge on any atom is -0.309 e. The van der Waals surface area contributed by atoms with E-state index in [-0.39, 0.29) is 5.56 Å². The van der Waals surface area contributed by atoms with Crippen molar-refractivity contribution in [3.05, 3.63) is 27.6 Å². The van der Waals surface area contributed by atoms with E-state index in [0.29, 0.717) is 22.7 Å². The SMILES string of the molecule is O=c1[nH]c(CCS)nc2ccsc12. The molecule has 0 atom stereocenters. The van der Waals surface area contributed by atoms with Crippen LogP contribution in [0.5, 0.6) is 0 Å². The molecule has 0 aromatic carbocycles. The van der Waals surface area contributed by atoms with Crippen LogP contribution in [0.3, 0.4) is 0 Å². The van der Waals surface area contributed by atoms with Crippen LogP contribution >= 0.6 is 24.0 Å². The Labute approximate surface area is 84.2 Å². The minimum absolute atomic E-state index is 0.0446. The second kappa shape index (κ2) is 3.51. The van der Waals surface area contributed by atoms with E-state index < -0.39 is 0 Å². The van der Waals surface area contributed by atoms with Crippen molar-refractivity contribution in [2.45, 2.75) is 6.42 Å². The van der Waals surface area contributed by atoms with Gasteiger partial charge in [0.2, 0.25) is 0 Å². The number of fused-ring (bicyclic) bond motifs is 1. The van der Waals surface area contributed by atoms with Crippen molar-refractivity contribution in [3.63, 3.8) is 0 Å². The molecule has 0 fully saturated rings. The standard InChI is InChI=1S/C8H8N2OS2/c11-8-7-5(2-4-13-7)9-6(10-8)1-3-12/h2,4,12H,1,3H2,(H,9,10,11). The van der Waals surface area contributed by atoms with Gasteiger partial charge in [-0.3, -0.25) is 4.79 Å². The lowest BCUT2D eigenvalue weighted by Gasteiger charge is -1.96. The number of hydrogen-bond donors (Lipinski definition) is 2. The van der Waals surface area contributed by atoms with Gasteiger partial charge in [0, 0.05) is 6.42 Å². The number of rotatable bonds is 2. The van der Waals surface area contributed by atoms with Gasteiger partial charge in [0.25, 0.3) is 5.56 Å². The molecule has 0 spiro atoms. The van der Waals surface area contributed by atoms with E-state index in [4.69, 9.17) is 0 Å². The van der Waals surface area contributed by atoms with Gasteiger partial charge in [-0.25, -0.2) is 4.98 Å². The molecular formula is C8H8N2OS2. The van der Waals surface area contributed by atoms with Crippen molar-refractivity contribution >= 4 is 34.2 Å². The first-order valence-corrected chi connectivity index (χ1v) is 5.40. The second-order valence-corrected chi connectivity index (χ2v) is 3.98. The number of nitrogens with one attached hydrogen (secondary N) is 1. The normalized spacial score (nSPS) is 10.8. The Kier molecular flexibility index (Phi) is 2.37. The molecule has 0 radical (unpaired) electrons. The topological polar surface area (TPSA) is 45.8 Å². The molecule has 0 aliphatic carbocycles. The van der Waals surface area contributed by atoms with Crippen LogP contribution in [-0.2, 0) is 6.42 Å². The summed E-state index contributed by atoms with van der Waals surface area (Å²) in [5.41, 5.74) is 0.738. The Morgan fingerprint density at radius 3 is 3.23 bits per heavy atom. The third kappa shape index (κ3) is 1.62. The highest BCUT2D eigenvalue weighted by Gasteiger charge is 2.03. The van der Waals surface area contributed by atoms with Crippen LogP contribution < -0.4 is 5.56 Å². The number of nitrogens with zero attached hydrogens (tertiary/aromatic N) is 1.